The summed E-state index contributed by atoms with van der Waals surface area (Å²) in [4.78, 5) is 19.1. The fraction of sp³-hybridized carbons (Fsp3) is 0.125. The Morgan fingerprint density at radius 3 is 3.14 bits per heavy atom. The molecule has 74 valence electrons. The summed E-state index contributed by atoms with van der Waals surface area (Å²) in [5.41, 5.74) is 5.59. The van der Waals surface area contributed by atoms with Crippen LogP contribution in [0.4, 0.5) is 5.82 Å². The number of aromatic nitrogens is 2. The Labute approximate surface area is 89.6 Å². The van der Waals surface area contributed by atoms with E-state index >= 15 is 0 Å². The topological polar surface area (TPSA) is 80.9 Å². The van der Waals surface area contributed by atoms with Crippen LogP contribution in [-0.2, 0) is 0 Å². The van der Waals surface area contributed by atoms with Gasteiger partial charge >= 0.3 is 0 Å². The Hall–Kier alpha value is -1.43. The fourth-order valence-electron chi connectivity index (χ4n) is 0.793. The number of nitrogens with zero attached hydrogens (tertiary/aromatic N) is 2. The van der Waals surface area contributed by atoms with Gasteiger partial charge in [0.05, 0.1) is 6.20 Å². The zero-order valence-electron chi connectivity index (χ0n) is 7.33. The molecular weight excluding hydrogens is 248 g/mol. The van der Waals surface area contributed by atoms with Crippen molar-refractivity contribution in [3.8, 4) is 0 Å². The van der Waals surface area contributed by atoms with Crippen LogP contribution in [0.5, 0.6) is 0 Å². The number of nitrogens with two attached hydrogens (primary N) is 1. The quantitative estimate of drug-likeness (QED) is 0.782. The molecule has 5 nitrogen and oxygen atoms in total. The number of nitrogens with one attached hydrogen (secondary N) is 1. The van der Waals surface area contributed by atoms with Crippen molar-refractivity contribution in [3.05, 3.63) is 29.1 Å². The average molecular weight is 257 g/mol. The molecule has 0 aliphatic carbocycles. The van der Waals surface area contributed by atoms with Crippen molar-refractivity contribution in [1.29, 1.82) is 0 Å². The van der Waals surface area contributed by atoms with Crippen molar-refractivity contribution in [3.63, 3.8) is 0 Å². The van der Waals surface area contributed by atoms with Crippen molar-refractivity contribution >= 4 is 27.7 Å². The number of carbonyl (C=O) groups is 1. The largest absolute Gasteiger partial charge is 0.382 e. The summed E-state index contributed by atoms with van der Waals surface area (Å²) < 4.78 is 0.468. The molecule has 1 heterocycles. The third-order valence-electron chi connectivity index (χ3n) is 1.39. The number of hydrogen-bond acceptors (Lipinski definition) is 4. The molecule has 0 spiro atoms. The smallest absolute Gasteiger partial charge is 0.274 e. The van der Waals surface area contributed by atoms with E-state index in [2.05, 4.69) is 37.8 Å². The summed E-state index contributed by atoms with van der Waals surface area (Å²) in [7, 11) is 0. The van der Waals surface area contributed by atoms with Gasteiger partial charge in [-0.25, -0.2) is 9.97 Å². The van der Waals surface area contributed by atoms with Crippen LogP contribution in [0, 0.1) is 0 Å². The molecule has 14 heavy (non-hydrogen) atoms. The lowest BCUT2D eigenvalue weighted by Gasteiger charge is -2.03. The molecule has 0 aliphatic heterocycles. The first-order chi connectivity index (χ1) is 6.65. The van der Waals surface area contributed by atoms with E-state index in [9.17, 15) is 4.79 Å². The molecule has 1 amide bonds. The van der Waals surface area contributed by atoms with Crippen LogP contribution in [-0.4, -0.2) is 22.4 Å². The van der Waals surface area contributed by atoms with Gasteiger partial charge in [0.1, 0.15) is 4.60 Å². The Morgan fingerprint density at radius 2 is 2.50 bits per heavy atom. The predicted octanol–water partition coefficient (Wildman–Crippen LogP) is 0.737. The number of nitrogen functional groups attached to an aromatic ring is 1. The lowest BCUT2D eigenvalue weighted by molar-refractivity contribution is 0.0953. The van der Waals surface area contributed by atoms with E-state index < -0.39 is 0 Å². The van der Waals surface area contributed by atoms with Gasteiger partial charge in [-0.05, 0) is 15.9 Å². The zero-order valence-corrected chi connectivity index (χ0v) is 8.91. The molecule has 0 atom stereocenters. The highest BCUT2D eigenvalue weighted by Crippen LogP contribution is 2.09. The maximum Gasteiger partial charge on any atom is 0.274 e. The normalized spacial score (nSPS) is 9.50. The van der Waals surface area contributed by atoms with E-state index in [1.54, 1.807) is 6.08 Å². The van der Waals surface area contributed by atoms with Gasteiger partial charge < -0.3 is 11.1 Å². The molecule has 0 saturated heterocycles. The minimum absolute atomic E-state index is 0.106. The van der Waals surface area contributed by atoms with Gasteiger partial charge in [-0.2, -0.15) is 0 Å². The van der Waals surface area contributed by atoms with E-state index in [4.69, 9.17) is 5.73 Å². The number of carbonyl (C=O) groups excluding carboxylic acids is 1. The molecule has 0 aliphatic rings. The van der Waals surface area contributed by atoms with Gasteiger partial charge in [-0.1, -0.05) is 6.08 Å². The minimum Gasteiger partial charge on any atom is -0.382 e. The predicted molar refractivity (Wildman–Crippen MR) is 56.7 cm³/mol. The average Bonchev–Trinajstić information content (AvgIpc) is 2.18. The van der Waals surface area contributed by atoms with Gasteiger partial charge in [0, 0.05) is 6.54 Å². The van der Waals surface area contributed by atoms with Crippen LogP contribution in [0.3, 0.4) is 0 Å². The summed E-state index contributed by atoms with van der Waals surface area (Å²) in [5, 5.41) is 2.56. The van der Waals surface area contributed by atoms with Crippen LogP contribution in [0.15, 0.2) is 23.5 Å². The van der Waals surface area contributed by atoms with Crippen molar-refractivity contribution in [1.82, 2.24) is 15.3 Å². The zero-order chi connectivity index (χ0) is 10.6. The first kappa shape index (κ1) is 10.6. The van der Waals surface area contributed by atoms with Gasteiger partial charge in [0.25, 0.3) is 5.91 Å². The van der Waals surface area contributed by atoms with Crippen LogP contribution < -0.4 is 11.1 Å². The van der Waals surface area contributed by atoms with E-state index in [1.807, 2.05) is 0 Å². The second kappa shape index (κ2) is 4.71. The summed E-state index contributed by atoms with van der Waals surface area (Å²) in [6.07, 6.45) is 3.00. The maximum atomic E-state index is 11.4. The van der Waals surface area contributed by atoms with Crippen molar-refractivity contribution in [2.75, 3.05) is 12.3 Å². The Bertz CT molecular complexity index is 366. The summed E-state index contributed by atoms with van der Waals surface area (Å²) in [6.45, 7) is 3.84. The van der Waals surface area contributed by atoms with Crippen molar-refractivity contribution in [2.45, 2.75) is 0 Å². The second-order valence-corrected chi connectivity index (χ2v) is 3.24. The Morgan fingerprint density at radius 1 is 1.79 bits per heavy atom. The Kier molecular flexibility index (Phi) is 3.58. The fourth-order valence-corrected chi connectivity index (χ4v) is 1.07. The number of rotatable bonds is 3. The van der Waals surface area contributed by atoms with Crippen molar-refractivity contribution < 1.29 is 4.79 Å². The number of anilines is 1. The van der Waals surface area contributed by atoms with E-state index in [1.165, 1.54) is 6.20 Å². The highest BCUT2D eigenvalue weighted by atomic mass is 79.9. The molecule has 0 unspecified atom stereocenters. The molecule has 6 heteroatoms. The first-order valence-corrected chi connectivity index (χ1v) is 4.61. The van der Waals surface area contributed by atoms with E-state index in [0.717, 1.165) is 0 Å². The highest BCUT2D eigenvalue weighted by molar-refractivity contribution is 9.10. The van der Waals surface area contributed by atoms with Crippen LogP contribution in [0.25, 0.3) is 0 Å². The van der Waals surface area contributed by atoms with Gasteiger partial charge in [-0.3, -0.25) is 4.79 Å². The lowest BCUT2D eigenvalue weighted by Crippen LogP contribution is -2.25. The van der Waals surface area contributed by atoms with Crippen LogP contribution in [0.1, 0.15) is 10.5 Å². The van der Waals surface area contributed by atoms with Gasteiger partial charge in [-0.15, -0.1) is 6.58 Å². The molecule has 0 aromatic carbocycles. The standard InChI is InChI=1S/C8H9BrN4O/c1-2-3-11-8(14)6-7(10)12-4-5(9)13-6/h2,4H,1,3H2,(H2,10,12)(H,11,14). The molecule has 0 fully saturated rings. The summed E-state index contributed by atoms with van der Waals surface area (Å²) in [6, 6.07) is 0. The maximum absolute atomic E-state index is 11.4. The molecule has 3 N–H and O–H groups in total. The van der Waals surface area contributed by atoms with Gasteiger partial charge in [0.2, 0.25) is 0 Å². The SMILES string of the molecule is C=CCNC(=O)c1nc(Br)cnc1N. The van der Waals surface area contributed by atoms with Crippen LogP contribution in [0.2, 0.25) is 0 Å². The molecule has 0 bridgehead atoms. The van der Waals surface area contributed by atoms with Crippen LogP contribution >= 0.6 is 15.9 Å². The minimum atomic E-state index is -0.365. The second-order valence-electron chi connectivity index (χ2n) is 2.43. The molecule has 1 rings (SSSR count). The third-order valence-corrected chi connectivity index (χ3v) is 1.78. The van der Waals surface area contributed by atoms with E-state index in [0.29, 0.717) is 11.1 Å². The monoisotopic (exact) mass is 256 g/mol. The molecular formula is C8H9BrN4O. The first-order valence-electron chi connectivity index (χ1n) is 3.82. The highest BCUT2D eigenvalue weighted by Gasteiger charge is 2.11. The number of amides is 1. The number of hydrogen-bond donors (Lipinski definition) is 2. The molecule has 1 aromatic heterocycles. The van der Waals surface area contributed by atoms with Gasteiger partial charge in [0.15, 0.2) is 11.5 Å². The van der Waals surface area contributed by atoms with Crippen molar-refractivity contribution in [2.24, 2.45) is 0 Å². The Balaban J connectivity index is 2.88. The van der Waals surface area contributed by atoms with E-state index in [-0.39, 0.29) is 17.4 Å². The summed E-state index contributed by atoms with van der Waals surface area (Å²) in [5.74, 6) is -0.258. The summed E-state index contributed by atoms with van der Waals surface area (Å²) >= 11 is 3.10. The molecule has 0 saturated carbocycles. The molecule has 1 aromatic rings. The lowest BCUT2D eigenvalue weighted by atomic mass is 10.4. The number of halogens is 1. The third kappa shape index (κ3) is 2.53. The molecule has 0 radical (unpaired) electrons.